The van der Waals surface area contributed by atoms with E-state index < -0.39 is 18.1 Å². The third-order valence-electron chi connectivity index (χ3n) is 6.43. The molecule has 0 spiro atoms. The molecular formula is C31H39NO5S. The molecule has 0 fully saturated rings. The molecule has 2 unspecified atom stereocenters. The number of hydrogen-bond donors (Lipinski definition) is 2. The van der Waals surface area contributed by atoms with Crippen LogP contribution in [-0.2, 0) is 14.9 Å². The lowest BCUT2D eigenvalue weighted by Gasteiger charge is -2.23. The predicted molar refractivity (Wildman–Crippen MR) is 153 cm³/mol. The van der Waals surface area contributed by atoms with E-state index in [2.05, 4.69) is 94.9 Å². The molecule has 0 bridgehead atoms. The number of amides is 1. The molecule has 0 radical (unpaired) electrons. The Hall–Kier alpha value is -3.16. The summed E-state index contributed by atoms with van der Waals surface area (Å²) in [7, 11) is 1.23. The van der Waals surface area contributed by atoms with E-state index in [0.717, 1.165) is 21.8 Å². The van der Waals surface area contributed by atoms with Crippen molar-refractivity contribution in [2.24, 2.45) is 5.92 Å². The van der Waals surface area contributed by atoms with Gasteiger partial charge in [0.25, 0.3) is 5.91 Å². The third-order valence-corrected chi connectivity index (χ3v) is 7.58. The molecule has 6 nitrogen and oxygen atoms in total. The smallest absolute Gasteiger partial charge is 0.310 e. The van der Waals surface area contributed by atoms with Crippen molar-refractivity contribution in [2.75, 3.05) is 7.11 Å². The van der Waals surface area contributed by atoms with Gasteiger partial charge in [0.05, 0.1) is 18.4 Å². The highest BCUT2D eigenvalue weighted by molar-refractivity contribution is 7.14. The van der Waals surface area contributed by atoms with E-state index in [-0.39, 0.29) is 23.9 Å². The number of nitrogens with one attached hydrogen (secondary N) is 1. The van der Waals surface area contributed by atoms with Gasteiger partial charge < -0.3 is 19.9 Å². The molecule has 38 heavy (non-hydrogen) atoms. The topological polar surface area (TPSA) is 84.9 Å². The lowest BCUT2D eigenvalue weighted by molar-refractivity contribution is -0.143. The van der Waals surface area contributed by atoms with E-state index >= 15 is 0 Å². The molecule has 1 aromatic heterocycles. The van der Waals surface area contributed by atoms with Crippen molar-refractivity contribution in [2.45, 2.75) is 72.6 Å². The van der Waals surface area contributed by atoms with Crippen LogP contribution >= 0.6 is 11.3 Å². The fourth-order valence-electron chi connectivity index (χ4n) is 4.40. The van der Waals surface area contributed by atoms with Crippen LogP contribution in [0.3, 0.4) is 0 Å². The molecule has 2 N–H and O–H groups in total. The van der Waals surface area contributed by atoms with Gasteiger partial charge in [0.15, 0.2) is 0 Å². The third kappa shape index (κ3) is 7.23. The van der Waals surface area contributed by atoms with Crippen LogP contribution in [0.15, 0.2) is 48.5 Å². The number of carbonyl (C=O) groups excluding carboxylic acids is 2. The number of ether oxygens (including phenoxy) is 2. The lowest BCUT2D eigenvalue weighted by atomic mass is 9.85. The average molecular weight is 538 g/mol. The summed E-state index contributed by atoms with van der Waals surface area (Å²) < 4.78 is 11.0. The van der Waals surface area contributed by atoms with Crippen molar-refractivity contribution < 1.29 is 24.2 Å². The van der Waals surface area contributed by atoms with Crippen LogP contribution in [0.25, 0.3) is 11.1 Å². The molecule has 204 valence electrons. The van der Waals surface area contributed by atoms with Crippen molar-refractivity contribution in [3.63, 3.8) is 0 Å². The number of aliphatic hydroxyl groups is 1. The largest absolute Gasteiger partial charge is 0.485 e. The first kappa shape index (κ1) is 29.4. The monoisotopic (exact) mass is 537 g/mol. The molecule has 2 aromatic carbocycles. The molecule has 1 heterocycles. The van der Waals surface area contributed by atoms with Crippen molar-refractivity contribution in [3.05, 3.63) is 75.0 Å². The fourth-order valence-corrected chi connectivity index (χ4v) is 5.51. The average Bonchev–Trinajstić information content (AvgIpc) is 3.31. The first-order valence-electron chi connectivity index (χ1n) is 12.8. The van der Waals surface area contributed by atoms with Crippen LogP contribution in [0.5, 0.6) is 5.75 Å². The second kappa shape index (κ2) is 12.1. The minimum absolute atomic E-state index is 0.109. The molecular weight excluding hydrogens is 498 g/mol. The molecule has 0 saturated carbocycles. The molecule has 1 amide bonds. The Morgan fingerprint density at radius 2 is 1.61 bits per heavy atom. The Morgan fingerprint density at radius 1 is 1.00 bits per heavy atom. The Labute approximate surface area is 230 Å². The second-order valence-corrected chi connectivity index (χ2v) is 12.1. The van der Waals surface area contributed by atoms with Crippen molar-refractivity contribution in [1.82, 2.24) is 5.32 Å². The van der Waals surface area contributed by atoms with Gasteiger partial charge in [-0.25, -0.2) is 0 Å². The summed E-state index contributed by atoms with van der Waals surface area (Å²) in [6.07, 6.45) is -1.88. The Morgan fingerprint density at radius 3 is 2.13 bits per heavy atom. The summed E-state index contributed by atoms with van der Waals surface area (Å²) >= 11 is 1.31. The van der Waals surface area contributed by atoms with Gasteiger partial charge in [0.2, 0.25) is 0 Å². The zero-order chi connectivity index (χ0) is 28.2. The first-order valence-corrected chi connectivity index (χ1v) is 13.7. The SMILES string of the molecule is COC(=O)CC(O)NC(=O)c1ccc(C(Oc2cc(C)c(-c3ccc(C(C)(C)C)cc3)c(C)c2)C(C)C)s1. The van der Waals surface area contributed by atoms with E-state index in [1.807, 2.05) is 6.07 Å². The van der Waals surface area contributed by atoms with Gasteiger partial charge in [0, 0.05) is 4.88 Å². The number of aryl methyl sites for hydroxylation is 2. The molecule has 0 aliphatic rings. The molecule has 0 aliphatic carbocycles. The van der Waals surface area contributed by atoms with Crippen molar-refractivity contribution in [1.29, 1.82) is 0 Å². The first-order chi connectivity index (χ1) is 17.8. The highest BCUT2D eigenvalue weighted by Gasteiger charge is 2.24. The van der Waals surface area contributed by atoms with Gasteiger partial charge in [-0.1, -0.05) is 58.9 Å². The fraction of sp³-hybridized carbons (Fsp3) is 0.419. The van der Waals surface area contributed by atoms with E-state index in [0.29, 0.717) is 4.88 Å². The molecule has 2 atom stereocenters. The highest BCUT2D eigenvalue weighted by Crippen LogP contribution is 2.37. The minimum Gasteiger partial charge on any atom is -0.485 e. The zero-order valence-electron chi connectivity index (χ0n) is 23.5. The van der Waals surface area contributed by atoms with Gasteiger partial charge in [-0.05, 0) is 77.3 Å². The minimum atomic E-state index is -1.31. The maximum atomic E-state index is 12.6. The Balaban J connectivity index is 1.79. The summed E-state index contributed by atoms with van der Waals surface area (Å²) in [6, 6.07) is 16.5. The quantitative estimate of drug-likeness (QED) is 0.234. The number of benzene rings is 2. The summed E-state index contributed by atoms with van der Waals surface area (Å²) in [5.74, 6) is -0.119. The van der Waals surface area contributed by atoms with Gasteiger partial charge in [-0.2, -0.15) is 0 Å². The standard InChI is InChI=1S/C31H39NO5S/c1-18(2)29(24-13-14-25(38-24)30(35)32-26(33)17-27(34)36-8)37-23-15-19(3)28(20(4)16-23)21-9-11-22(12-10-21)31(5,6)7/h9-16,18,26,29,33H,17H2,1-8H3,(H,32,35). The maximum Gasteiger partial charge on any atom is 0.310 e. The molecule has 3 aromatic rings. The predicted octanol–water partition coefficient (Wildman–Crippen LogP) is 6.72. The van der Waals surface area contributed by atoms with Crippen LogP contribution < -0.4 is 10.1 Å². The number of esters is 1. The lowest BCUT2D eigenvalue weighted by Crippen LogP contribution is -2.36. The maximum absolute atomic E-state index is 12.6. The van der Waals surface area contributed by atoms with Crippen LogP contribution in [0.1, 0.15) is 78.4 Å². The number of hydrogen-bond acceptors (Lipinski definition) is 6. The van der Waals surface area contributed by atoms with E-state index in [4.69, 9.17) is 4.74 Å². The number of aliphatic hydroxyl groups excluding tert-OH is 1. The normalized spacial score (nSPS) is 13.2. The molecule has 3 rings (SSSR count). The Kier molecular flexibility index (Phi) is 9.39. The number of thiophene rings is 1. The molecule has 0 saturated heterocycles. The van der Waals surface area contributed by atoms with E-state index in [1.54, 1.807) is 6.07 Å². The summed E-state index contributed by atoms with van der Waals surface area (Å²) in [5, 5.41) is 12.4. The van der Waals surface area contributed by atoms with E-state index in [9.17, 15) is 14.7 Å². The number of methoxy groups -OCH3 is 1. The van der Waals surface area contributed by atoms with Gasteiger partial charge in [-0.3, -0.25) is 9.59 Å². The van der Waals surface area contributed by atoms with Crippen LogP contribution in [0, 0.1) is 19.8 Å². The van der Waals surface area contributed by atoms with Crippen LogP contribution in [0.4, 0.5) is 0 Å². The summed E-state index contributed by atoms with van der Waals surface area (Å²) in [5.41, 5.74) is 6.08. The van der Waals surface area contributed by atoms with Crippen molar-refractivity contribution in [3.8, 4) is 16.9 Å². The van der Waals surface area contributed by atoms with Gasteiger partial charge in [-0.15, -0.1) is 11.3 Å². The van der Waals surface area contributed by atoms with Crippen LogP contribution in [-0.4, -0.2) is 30.3 Å². The van der Waals surface area contributed by atoms with Crippen molar-refractivity contribution >= 4 is 23.2 Å². The van der Waals surface area contributed by atoms with Gasteiger partial charge in [0.1, 0.15) is 18.1 Å². The summed E-state index contributed by atoms with van der Waals surface area (Å²) in [6.45, 7) is 15.0. The number of rotatable bonds is 9. The van der Waals surface area contributed by atoms with Crippen LogP contribution in [0.2, 0.25) is 0 Å². The summed E-state index contributed by atoms with van der Waals surface area (Å²) in [4.78, 5) is 25.2. The zero-order valence-corrected chi connectivity index (χ0v) is 24.4. The van der Waals surface area contributed by atoms with Gasteiger partial charge >= 0.3 is 5.97 Å². The molecule has 7 heteroatoms. The Bertz CT molecular complexity index is 1250. The molecule has 0 aliphatic heterocycles. The highest BCUT2D eigenvalue weighted by atomic mass is 32.1. The van der Waals surface area contributed by atoms with E-state index in [1.165, 1.54) is 35.1 Å². The second-order valence-electron chi connectivity index (χ2n) is 11.0. The number of carbonyl (C=O) groups is 2.